The zero-order valence-corrected chi connectivity index (χ0v) is 31.9. The highest BCUT2D eigenvalue weighted by Gasteiger charge is 2.53. The first kappa shape index (κ1) is 43.9. The number of ketones is 2. The van der Waals surface area contributed by atoms with Crippen molar-refractivity contribution in [1.82, 2.24) is 15.5 Å². The summed E-state index contributed by atoms with van der Waals surface area (Å²) in [6, 6.07) is 5.90. The van der Waals surface area contributed by atoms with Crippen molar-refractivity contribution in [3.8, 4) is 0 Å². The first-order valence-corrected chi connectivity index (χ1v) is 19.8. The van der Waals surface area contributed by atoms with Gasteiger partial charge in [-0.3, -0.25) is 28.9 Å². The third kappa shape index (κ3) is 12.8. The Morgan fingerprint density at radius 1 is 0.925 bits per heavy atom. The molecule has 1 unspecified atom stereocenters. The number of hydrogen-bond donors (Lipinski definition) is 5. The second kappa shape index (κ2) is 22.6. The van der Waals surface area contributed by atoms with E-state index in [1.165, 1.54) is 0 Å². The van der Waals surface area contributed by atoms with E-state index in [1.807, 2.05) is 35.2 Å². The third-order valence-electron chi connectivity index (χ3n) is 11.3. The average Bonchev–Trinajstić information content (AvgIpc) is 3.17. The maximum atomic E-state index is 14.5. The summed E-state index contributed by atoms with van der Waals surface area (Å²) in [6.45, 7) is 10.5. The summed E-state index contributed by atoms with van der Waals surface area (Å²) in [5.74, 6) is -3.35. The van der Waals surface area contributed by atoms with Crippen molar-refractivity contribution >= 4 is 29.7 Å². The molecule has 11 nitrogen and oxygen atoms in total. The molecule has 293 valence electrons. The minimum absolute atomic E-state index is 0.264. The van der Waals surface area contributed by atoms with E-state index in [4.69, 9.17) is 17.2 Å². The van der Waals surface area contributed by atoms with Gasteiger partial charge in [-0.1, -0.05) is 93.9 Å². The summed E-state index contributed by atoms with van der Waals surface area (Å²) in [5.41, 5.74) is 17.6. The molecule has 1 aromatic carbocycles. The standard InChI is InChI=1S/C42H65N6O5/c1-4-25-48(26-5-2)36(28-32-19-11-7-12-20-32)41(53)47-35(23-15-16-24-43)40(52)46-30(3)38(50)37(33-21-13-8-14-22-33)42(45,29-49)39(51)34(44)27-31-17-9-6-10-18-31/h4-5,7,11-12,19-20,30-31,33-37H,1-2,6,8-10,13-18,21-28,43-45H2,3H3,(H,46,52)(H,47,53)/t30-,34+,35-,36-,37?,42+/m0/s1. The van der Waals surface area contributed by atoms with Crippen molar-refractivity contribution < 1.29 is 24.0 Å². The van der Waals surface area contributed by atoms with E-state index in [0.29, 0.717) is 64.6 Å². The fourth-order valence-electron chi connectivity index (χ4n) is 8.33. The van der Waals surface area contributed by atoms with Gasteiger partial charge in [0.15, 0.2) is 17.1 Å². The number of rotatable bonds is 24. The topological polar surface area (TPSA) is 191 Å². The normalized spacial score (nSPS) is 19.5. The Hall–Kier alpha value is -3.51. The van der Waals surface area contributed by atoms with E-state index in [-0.39, 0.29) is 17.7 Å². The maximum Gasteiger partial charge on any atom is 0.243 e. The number of nitrogens with one attached hydrogen (secondary N) is 2. The average molecular weight is 734 g/mol. The van der Waals surface area contributed by atoms with Crippen LogP contribution >= 0.6 is 0 Å². The number of nitrogens with two attached hydrogens (primary N) is 3. The number of Topliss-reactive ketones (excluding diaryl/α,β-unsaturated/α-hetero) is 2. The Bertz CT molecular complexity index is 1330. The molecule has 0 bridgehead atoms. The first-order valence-electron chi connectivity index (χ1n) is 19.8. The Kier molecular flexibility index (Phi) is 18.8. The van der Waals surface area contributed by atoms with Crippen LogP contribution in [-0.2, 0) is 30.4 Å². The number of carbonyl (C=O) groups excluding carboxylic acids is 5. The van der Waals surface area contributed by atoms with Gasteiger partial charge in [-0.2, -0.15) is 0 Å². The molecule has 0 heterocycles. The molecule has 8 N–H and O–H groups in total. The van der Waals surface area contributed by atoms with Crippen LogP contribution in [0.3, 0.4) is 0 Å². The summed E-state index contributed by atoms with van der Waals surface area (Å²) in [5, 5.41) is 5.79. The molecule has 0 aliphatic heterocycles. The minimum atomic E-state index is -2.24. The van der Waals surface area contributed by atoms with Gasteiger partial charge in [0.1, 0.15) is 6.04 Å². The van der Waals surface area contributed by atoms with Crippen LogP contribution in [-0.4, -0.2) is 83.9 Å². The lowest BCUT2D eigenvalue weighted by molar-refractivity contribution is -0.138. The van der Waals surface area contributed by atoms with Gasteiger partial charge in [-0.25, -0.2) is 0 Å². The Labute approximate surface area is 317 Å². The van der Waals surface area contributed by atoms with Crippen molar-refractivity contribution in [2.75, 3.05) is 19.6 Å². The molecule has 1 radical (unpaired) electrons. The minimum Gasteiger partial charge on any atom is -0.345 e. The molecular formula is C42H65N6O5. The van der Waals surface area contributed by atoms with Crippen LogP contribution in [0.1, 0.15) is 102 Å². The first-order chi connectivity index (χ1) is 25.5. The molecule has 2 saturated carbocycles. The van der Waals surface area contributed by atoms with Crippen molar-refractivity contribution in [1.29, 1.82) is 0 Å². The number of hydrogen-bond acceptors (Lipinski definition) is 9. The van der Waals surface area contributed by atoms with Crippen molar-refractivity contribution in [2.45, 2.75) is 133 Å². The fourth-order valence-corrected chi connectivity index (χ4v) is 8.33. The number of benzene rings is 1. The molecule has 0 saturated heterocycles. The fraction of sp³-hybridized carbons (Fsp3) is 0.643. The SMILES string of the molecule is C=CCN(CC=C)[C@@H](Cc1ccccc1)C(=O)N[C@@H](CCCCN)C(=O)N[C@@H](C)C(=O)C(C1CCCCC1)[C@](N)([C]=O)C(=O)[C@H](N)CC1CCCCC1. The lowest BCUT2D eigenvalue weighted by Crippen LogP contribution is -2.66. The Balaban J connectivity index is 1.86. The Morgan fingerprint density at radius 3 is 2.09 bits per heavy atom. The van der Waals surface area contributed by atoms with E-state index in [0.717, 1.165) is 56.9 Å². The third-order valence-corrected chi connectivity index (χ3v) is 11.3. The molecule has 11 heteroatoms. The summed E-state index contributed by atoms with van der Waals surface area (Å²) >= 11 is 0. The Morgan fingerprint density at radius 2 is 1.53 bits per heavy atom. The van der Waals surface area contributed by atoms with Gasteiger partial charge in [-0.15, -0.1) is 13.2 Å². The predicted molar refractivity (Wildman–Crippen MR) is 210 cm³/mol. The van der Waals surface area contributed by atoms with E-state index in [9.17, 15) is 24.0 Å². The lowest BCUT2D eigenvalue weighted by Gasteiger charge is -2.40. The molecule has 2 amide bonds. The molecular weight excluding hydrogens is 668 g/mol. The van der Waals surface area contributed by atoms with Gasteiger partial charge in [0.25, 0.3) is 0 Å². The van der Waals surface area contributed by atoms with Crippen molar-refractivity contribution in [3.63, 3.8) is 0 Å². The van der Waals surface area contributed by atoms with Gasteiger partial charge in [0, 0.05) is 13.1 Å². The molecule has 2 aliphatic carbocycles. The zero-order valence-electron chi connectivity index (χ0n) is 31.9. The molecule has 2 fully saturated rings. The molecule has 2 aliphatic rings. The van der Waals surface area contributed by atoms with Gasteiger partial charge in [-0.05, 0) is 75.8 Å². The van der Waals surface area contributed by atoms with Gasteiger partial charge < -0.3 is 27.8 Å². The van der Waals surface area contributed by atoms with E-state index < -0.39 is 53.1 Å². The quantitative estimate of drug-likeness (QED) is 0.0597. The summed E-state index contributed by atoms with van der Waals surface area (Å²) < 4.78 is 0. The van der Waals surface area contributed by atoms with Crippen LogP contribution in [0.4, 0.5) is 0 Å². The molecule has 1 aromatic rings. The molecule has 6 atom stereocenters. The number of amides is 2. The maximum absolute atomic E-state index is 14.5. The van der Waals surface area contributed by atoms with E-state index in [1.54, 1.807) is 25.4 Å². The summed E-state index contributed by atoms with van der Waals surface area (Å²) in [4.78, 5) is 71.3. The second-order valence-electron chi connectivity index (χ2n) is 15.3. The van der Waals surface area contributed by atoms with Gasteiger partial charge in [0.2, 0.25) is 18.1 Å². The van der Waals surface area contributed by atoms with Gasteiger partial charge >= 0.3 is 0 Å². The van der Waals surface area contributed by atoms with Crippen LogP contribution in [0.5, 0.6) is 0 Å². The number of nitrogens with zero attached hydrogens (tertiary/aromatic N) is 1. The number of carbonyl (C=O) groups is 4. The van der Waals surface area contributed by atoms with Crippen LogP contribution in [0.2, 0.25) is 0 Å². The van der Waals surface area contributed by atoms with Crippen LogP contribution < -0.4 is 27.8 Å². The largest absolute Gasteiger partial charge is 0.345 e. The number of unbranched alkanes of at least 4 members (excludes halogenated alkanes) is 1. The van der Waals surface area contributed by atoms with Gasteiger partial charge in [0.05, 0.1) is 24.0 Å². The molecule has 0 spiro atoms. The zero-order chi connectivity index (χ0) is 38.8. The monoisotopic (exact) mass is 734 g/mol. The molecule has 0 aromatic heterocycles. The highest BCUT2D eigenvalue weighted by atomic mass is 16.2. The lowest BCUT2D eigenvalue weighted by atomic mass is 9.65. The molecule has 3 rings (SSSR count). The van der Waals surface area contributed by atoms with Crippen LogP contribution in [0.15, 0.2) is 55.6 Å². The predicted octanol–water partition coefficient (Wildman–Crippen LogP) is 3.83. The summed E-state index contributed by atoms with van der Waals surface area (Å²) in [7, 11) is 0. The molecule has 53 heavy (non-hydrogen) atoms. The van der Waals surface area contributed by atoms with Crippen molar-refractivity contribution in [3.05, 3.63) is 61.2 Å². The van der Waals surface area contributed by atoms with Crippen molar-refractivity contribution in [2.24, 2.45) is 35.0 Å². The van der Waals surface area contributed by atoms with E-state index >= 15 is 0 Å². The van der Waals surface area contributed by atoms with Crippen LogP contribution in [0, 0.1) is 17.8 Å². The summed E-state index contributed by atoms with van der Waals surface area (Å²) in [6.07, 6.45) is 16.7. The van der Waals surface area contributed by atoms with E-state index in [2.05, 4.69) is 23.8 Å². The smallest absolute Gasteiger partial charge is 0.243 e. The highest BCUT2D eigenvalue weighted by molar-refractivity contribution is 6.11. The second-order valence-corrected chi connectivity index (χ2v) is 15.3. The van der Waals surface area contributed by atoms with Crippen LogP contribution in [0.25, 0.3) is 0 Å². The highest BCUT2D eigenvalue weighted by Crippen LogP contribution is 2.37.